The van der Waals surface area contributed by atoms with E-state index in [-0.39, 0.29) is 5.78 Å². The quantitative estimate of drug-likeness (QED) is 0.531. The van der Waals surface area contributed by atoms with Crippen LogP contribution in [0.5, 0.6) is 0 Å². The van der Waals surface area contributed by atoms with Crippen molar-refractivity contribution >= 4 is 17.1 Å². The zero-order chi connectivity index (χ0) is 20.8. The molecule has 30 heavy (non-hydrogen) atoms. The molecule has 1 saturated heterocycles. The molecule has 5 heteroatoms. The van der Waals surface area contributed by atoms with Gasteiger partial charge < -0.3 is 4.90 Å². The first kappa shape index (κ1) is 21.7. The largest absolute Gasteiger partial charge is 0.300 e. The van der Waals surface area contributed by atoms with E-state index in [1.54, 1.807) is 18.3 Å². The Morgan fingerprint density at radius 3 is 2.73 bits per heavy atom. The molecular weight excluding hydrogens is 390 g/mol. The number of rotatable bonds is 8. The Balaban J connectivity index is 1.42. The topological polar surface area (TPSA) is 36.4 Å². The summed E-state index contributed by atoms with van der Waals surface area (Å²) in [6.45, 7) is 7.12. The molecule has 0 aromatic carbocycles. The molecule has 162 valence electrons. The standard InChI is InChI=1S/C25H35N3OS/c1-20(29)25-13-23(19-30-25)17-27(15-21-7-5-11-26-14-21)16-22-8-6-12-28(18-22)24-9-3-2-4-10-24/h5,7,11,13-14,19,22,24H,2-4,6,8-10,12,15-18H2,1H3. The molecule has 3 heterocycles. The van der Waals surface area contributed by atoms with Crippen molar-refractivity contribution in [3.05, 3.63) is 52.0 Å². The van der Waals surface area contributed by atoms with Gasteiger partial charge >= 0.3 is 0 Å². The van der Waals surface area contributed by atoms with Crippen LogP contribution in [0.15, 0.2) is 36.0 Å². The Kier molecular flexibility index (Phi) is 7.69. The Morgan fingerprint density at radius 2 is 2.00 bits per heavy atom. The molecule has 2 aromatic rings. The van der Waals surface area contributed by atoms with E-state index in [9.17, 15) is 4.79 Å². The van der Waals surface area contributed by atoms with Crippen LogP contribution in [-0.2, 0) is 13.1 Å². The van der Waals surface area contributed by atoms with Gasteiger partial charge in [0, 0.05) is 44.6 Å². The van der Waals surface area contributed by atoms with Gasteiger partial charge in [0.25, 0.3) is 0 Å². The molecule has 2 aliphatic rings. The average Bonchev–Trinajstić information content (AvgIpc) is 3.24. The predicted octanol–water partition coefficient (Wildman–Crippen LogP) is 5.39. The van der Waals surface area contributed by atoms with E-state index in [2.05, 4.69) is 32.3 Å². The highest BCUT2D eigenvalue weighted by atomic mass is 32.1. The monoisotopic (exact) mass is 425 g/mol. The van der Waals surface area contributed by atoms with Crippen LogP contribution in [0.4, 0.5) is 0 Å². The molecule has 0 spiro atoms. The molecule has 2 fully saturated rings. The van der Waals surface area contributed by atoms with Crippen molar-refractivity contribution in [1.29, 1.82) is 0 Å². The normalized spacial score (nSPS) is 21.2. The van der Waals surface area contributed by atoms with Crippen molar-refractivity contribution in [3.63, 3.8) is 0 Å². The Labute approximate surface area is 185 Å². The van der Waals surface area contributed by atoms with E-state index in [0.717, 1.165) is 36.5 Å². The van der Waals surface area contributed by atoms with E-state index in [1.165, 1.54) is 69.2 Å². The Hall–Kier alpha value is -1.56. The maximum atomic E-state index is 11.7. The van der Waals surface area contributed by atoms with Crippen molar-refractivity contribution in [2.24, 2.45) is 5.92 Å². The molecule has 1 aliphatic heterocycles. The van der Waals surface area contributed by atoms with Crippen LogP contribution >= 0.6 is 11.3 Å². The number of aromatic nitrogens is 1. The number of hydrogen-bond donors (Lipinski definition) is 0. The van der Waals surface area contributed by atoms with Gasteiger partial charge in [-0.3, -0.25) is 14.7 Å². The van der Waals surface area contributed by atoms with Crippen LogP contribution in [0.2, 0.25) is 0 Å². The Morgan fingerprint density at radius 1 is 1.17 bits per heavy atom. The fourth-order valence-corrected chi connectivity index (χ4v) is 6.03. The number of Topliss-reactive ketones (excluding diaryl/α,β-unsaturated/α-hetero) is 1. The fraction of sp³-hybridized carbons (Fsp3) is 0.600. The van der Waals surface area contributed by atoms with E-state index in [0.29, 0.717) is 0 Å². The summed E-state index contributed by atoms with van der Waals surface area (Å²) >= 11 is 1.57. The number of pyridine rings is 1. The van der Waals surface area contributed by atoms with Gasteiger partial charge in [-0.1, -0.05) is 25.3 Å². The van der Waals surface area contributed by atoms with Crippen molar-refractivity contribution < 1.29 is 4.79 Å². The minimum Gasteiger partial charge on any atom is -0.300 e. The van der Waals surface area contributed by atoms with Crippen molar-refractivity contribution in [1.82, 2.24) is 14.8 Å². The molecule has 1 aliphatic carbocycles. The second-order valence-corrected chi connectivity index (χ2v) is 10.1. The van der Waals surface area contributed by atoms with Gasteiger partial charge in [-0.25, -0.2) is 0 Å². The molecule has 1 saturated carbocycles. The van der Waals surface area contributed by atoms with E-state index >= 15 is 0 Å². The minimum absolute atomic E-state index is 0.167. The number of thiophene rings is 1. The van der Waals surface area contributed by atoms with Gasteiger partial charge in [0.2, 0.25) is 0 Å². The molecule has 2 aromatic heterocycles. The van der Waals surface area contributed by atoms with Gasteiger partial charge in [0.15, 0.2) is 5.78 Å². The van der Waals surface area contributed by atoms with Crippen molar-refractivity contribution in [2.45, 2.75) is 71.0 Å². The lowest BCUT2D eigenvalue weighted by Crippen LogP contribution is -2.46. The number of carbonyl (C=O) groups is 1. The second kappa shape index (κ2) is 10.7. The number of hydrogen-bond acceptors (Lipinski definition) is 5. The lowest BCUT2D eigenvalue weighted by Gasteiger charge is -2.41. The van der Waals surface area contributed by atoms with Gasteiger partial charge in [0.05, 0.1) is 4.88 Å². The first-order valence-corrected chi connectivity index (χ1v) is 12.5. The third-order valence-electron chi connectivity index (χ3n) is 6.69. The number of ketones is 1. The van der Waals surface area contributed by atoms with Crippen LogP contribution in [-0.4, -0.2) is 46.2 Å². The van der Waals surface area contributed by atoms with Crippen molar-refractivity contribution in [2.75, 3.05) is 19.6 Å². The summed E-state index contributed by atoms with van der Waals surface area (Å²) in [5.74, 6) is 0.892. The molecule has 0 radical (unpaired) electrons. The molecule has 1 atom stereocenters. The number of likely N-dealkylation sites (tertiary alicyclic amines) is 1. The SMILES string of the molecule is CC(=O)c1cc(CN(Cc2cccnc2)CC2CCCN(C3CCCCC3)C2)cs1. The zero-order valence-electron chi connectivity index (χ0n) is 18.3. The second-order valence-electron chi connectivity index (χ2n) is 9.20. The molecular formula is C25H35N3OS. The third-order valence-corrected chi connectivity index (χ3v) is 7.77. The molecule has 0 amide bonds. The summed E-state index contributed by atoms with van der Waals surface area (Å²) in [4.78, 5) is 22.3. The first-order valence-electron chi connectivity index (χ1n) is 11.6. The summed E-state index contributed by atoms with van der Waals surface area (Å²) < 4.78 is 0. The molecule has 4 rings (SSSR count). The Bertz CT molecular complexity index is 800. The average molecular weight is 426 g/mol. The van der Waals surface area contributed by atoms with Gasteiger partial charge in [-0.05, 0) is 73.7 Å². The van der Waals surface area contributed by atoms with E-state index in [4.69, 9.17) is 0 Å². The van der Waals surface area contributed by atoms with Crippen LogP contribution < -0.4 is 0 Å². The van der Waals surface area contributed by atoms with Gasteiger partial charge in [0.1, 0.15) is 0 Å². The van der Waals surface area contributed by atoms with Crippen LogP contribution in [0.25, 0.3) is 0 Å². The van der Waals surface area contributed by atoms with Crippen LogP contribution in [0.1, 0.15) is 72.7 Å². The van der Waals surface area contributed by atoms with Crippen LogP contribution in [0.3, 0.4) is 0 Å². The predicted molar refractivity (Wildman–Crippen MR) is 124 cm³/mol. The first-order chi connectivity index (χ1) is 14.7. The van der Waals surface area contributed by atoms with Crippen molar-refractivity contribution in [3.8, 4) is 0 Å². The highest BCUT2D eigenvalue weighted by Gasteiger charge is 2.28. The van der Waals surface area contributed by atoms with E-state index in [1.807, 2.05) is 18.5 Å². The van der Waals surface area contributed by atoms with E-state index < -0.39 is 0 Å². The lowest BCUT2D eigenvalue weighted by molar-refractivity contribution is 0.0771. The molecule has 0 bridgehead atoms. The molecule has 1 unspecified atom stereocenters. The summed E-state index contributed by atoms with van der Waals surface area (Å²) in [6.07, 6.45) is 13.5. The highest BCUT2D eigenvalue weighted by Crippen LogP contribution is 2.28. The maximum Gasteiger partial charge on any atom is 0.169 e. The summed E-state index contributed by atoms with van der Waals surface area (Å²) in [5, 5.41) is 2.15. The third kappa shape index (κ3) is 5.99. The molecule has 4 nitrogen and oxygen atoms in total. The number of carbonyl (C=O) groups excluding carboxylic acids is 1. The lowest BCUT2D eigenvalue weighted by atomic mass is 9.90. The maximum absolute atomic E-state index is 11.7. The van der Waals surface area contributed by atoms with Gasteiger partial charge in [-0.15, -0.1) is 11.3 Å². The van der Waals surface area contributed by atoms with Crippen LogP contribution in [0, 0.1) is 5.92 Å². The summed E-state index contributed by atoms with van der Waals surface area (Å²) in [6, 6.07) is 7.10. The fourth-order valence-electron chi connectivity index (χ4n) is 5.23. The smallest absolute Gasteiger partial charge is 0.169 e. The highest BCUT2D eigenvalue weighted by molar-refractivity contribution is 7.12. The number of nitrogens with zero attached hydrogens (tertiary/aromatic N) is 3. The summed E-state index contributed by atoms with van der Waals surface area (Å²) in [7, 11) is 0. The number of piperidine rings is 1. The van der Waals surface area contributed by atoms with Gasteiger partial charge in [-0.2, -0.15) is 0 Å². The zero-order valence-corrected chi connectivity index (χ0v) is 19.1. The summed E-state index contributed by atoms with van der Waals surface area (Å²) in [5.41, 5.74) is 2.52. The minimum atomic E-state index is 0.167. The molecule has 0 N–H and O–H groups in total.